The van der Waals surface area contributed by atoms with Crippen LogP contribution in [0.5, 0.6) is 0 Å². The van der Waals surface area contributed by atoms with Crippen LogP contribution in [-0.2, 0) is 11.8 Å². The molecule has 0 radical (unpaired) electrons. The van der Waals surface area contributed by atoms with E-state index in [4.69, 9.17) is 0 Å². The minimum atomic E-state index is -0.371. The molecule has 0 unspecified atom stereocenters. The fourth-order valence-corrected chi connectivity index (χ4v) is 2.87. The van der Waals surface area contributed by atoms with E-state index in [1.165, 1.54) is 0 Å². The van der Waals surface area contributed by atoms with Crippen molar-refractivity contribution in [1.29, 1.82) is 0 Å². The molecule has 0 N–H and O–H groups in total. The van der Waals surface area contributed by atoms with Crippen molar-refractivity contribution in [1.82, 2.24) is 24.6 Å². The van der Waals surface area contributed by atoms with Gasteiger partial charge in [-0.1, -0.05) is 0 Å². The second-order valence-electron chi connectivity index (χ2n) is 5.79. The molecule has 1 aliphatic rings. The molecule has 7 nitrogen and oxygen atoms in total. The van der Waals surface area contributed by atoms with Crippen molar-refractivity contribution in [3.05, 3.63) is 24.0 Å². The number of pyridine rings is 1. The van der Waals surface area contributed by atoms with Crippen LogP contribution in [0.25, 0.3) is 11.0 Å². The summed E-state index contributed by atoms with van der Waals surface area (Å²) in [6.07, 6.45) is 4.78. The number of likely N-dealkylation sites (tertiary alicyclic amines) is 1. The van der Waals surface area contributed by atoms with Gasteiger partial charge in [0, 0.05) is 33.9 Å². The first-order valence-electron chi connectivity index (χ1n) is 7.29. The van der Waals surface area contributed by atoms with Crippen molar-refractivity contribution in [2.75, 3.05) is 20.6 Å². The van der Waals surface area contributed by atoms with E-state index in [0.717, 1.165) is 17.5 Å². The maximum atomic E-state index is 12.7. The largest absolute Gasteiger partial charge is 0.347 e. The van der Waals surface area contributed by atoms with Crippen molar-refractivity contribution >= 4 is 22.8 Å². The molecule has 0 saturated carbocycles. The van der Waals surface area contributed by atoms with Crippen molar-refractivity contribution < 1.29 is 9.59 Å². The van der Waals surface area contributed by atoms with Gasteiger partial charge in [0.15, 0.2) is 0 Å². The molecule has 3 heterocycles. The molecule has 116 valence electrons. The van der Waals surface area contributed by atoms with Crippen LogP contribution in [0.1, 0.15) is 23.2 Å². The molecule has 2 aromatic rings. The maximum absolute atomic E-state index is 12.7. The summed E-state index contributed by atoms with van der Waals surface area (Å²) in [7, 11) is 5.24. The maximum Gasteiger partial charge on any atom is 0.256 e. The van der Waals surface area contributed by atoms with Crippen molar-refractivity contribution in [3.8, 4) is 0 Å². The minimum absolute atomic E-state index is 0.0274. The number of hydrogen-bond acceptors (Lipinski definition) is 4. The Morgan fingerprint density at radius 3 is 2.82 bits per heavy atom. The van der Waals surface area contributed by atoms with Gasteiger partial charge in [-0.25, -0.2) is 0 Å². The lowest BCUT2D eigenvalue weighted by Gasteiger charge is -2.26. The number of amides is 2. The zero-order valence-electron chi connectivity index (χ0n) is 13.0. The van der Waals surface area contributed by atoms with Crippen LogP contribution in [0.15, 0.2) is 18.5 Å². The van der Waals surface area contributed by atoms with Gasteiger partial charge >= 0.3 is 0 Å². The van der Waals surface area contributed by atoms with Gasteiger partial charge in [0.25, 0.3) is 5.91 Å². The molecule has 0 aromatic carbocycles. The van der Waals surface area contributed by atoms with Crippen molar-refractivity contribution in [2.45, 2.75) is 18.9 Å². The molecule has 0 aliphatic carbocycles. The Morgan fingerprint density at radius 2 is 2.09 bits per heavy atom. The molecular formula is C15H19N5O2. The number of carbonyl (C=O) groups is 2. The highest BCUT2D eigenvalue weighted by Gasteiger charge is 2.35. The van der Waals surface area contributed by atoms with E-state index in [1.54, 1.807) is 47.0 Å². The van der Waals surface area contributed by atoms with Crippen molar-refractivity contribution in [2.24, 2.45) is 7.05 Å². The quantitative estimate of drug-likeness (QED) is 0.817. The first-order valence-corrected chi connectivity index (χ1v) is 7.29. The molecule has 2 aromatic heterocycles. The Labute approximate surface area is 128 Å². The highest BCUT2D eigenvalue weighted by Crippen LogP contribution is 2.22. The highest BCUT2D eigenvalue weighted by molar-refractivity contribution is 5.99. The van der Waals surface area contributed by atoms with Crippen LogP contribution in [-0.4, -0.2) is 63.1 Å². The normalized spacial score (nSPS) is 18.0. The van der Waals surface area contributed by atoms with Crippen LogP contribution < -0.4 is 0 Å². The Balaban J connectivity index is 1.91. The van der Waals surface area contributed by atoms with E-state index >= 15 is 0 Å². The topological polar surface area (TPSA) is 71.3 Å². The molecule has 1 atom stereocenters. The number of hydrogen-bond donors (Lipinski definition) is 0. The molecule has 0 bridgehead atoms. The van der Waals surface area contributed by atoms with E-state index < -0.39 is 0 Å². The smallest absolute Gasteiger partial charge is 0.256 e. The highest BCUT2D eigenvalue weighted by atomic mass is 16.2. The second-order valence-corrected chi connectivity index (χ2v) is 5.79. The standard InChI is InChI=1S/C15H19N5O2/c1-18(2)15(22)12-5-4-6-20(12)14(21)10-7-13-11(16-8-10)9-17-19(13)3/h7-9,12H,4-6H2,1-3H3/t12-/m0/s1. The molecular weight excluding hydrogens is 282 g/mol. The van der Waals surface area contributed by atoms with Gasteiger partial charge < -0.3 is 9.80 Å². The lowest BCUT2D eigenvalue weighted by molar-refractivity contribution is -0.132. The van der Waals surface area contributed by atoms with Gasteiger partial charge in [-0.15, -0.1) is 0 Å². The van der Waals surface area contributed by atoms with Gasteiger partial charge in [0.2, 0.25) is 5.91 Å². The van der Waals surface area contributed by atoms with E-state index in [0.29, 0.717) is 18.5 Å². The number of fused-ring (bicyclic) bond motifs is 1. The summed E-state index contributed by atoms with van der Waals surface area (Å²) in [6, 6.07) is 1.41. The first kappa shape index (κ1) is 14.5. The second kappa shape index (κ2) is 5.40. The lowest BCUT2D eigenvalue weighted by atomic mass is 10.1. The molecule has 2 amide bonds. The van der Waals surface area contributed by atoms with Crippen molar-refractivity contribution in [3.63, 3.8) is 0 Å². The summed E-state index contributed by atoms with van der Waals surface area (Å²) >= 11 is 0. The molecule has 7 heteroatoms. The summed E-state index contributed by atoms with van der Waals surface area (Å²) in [5, 5.41) is 4.13. The number of rotatable bonds is 2. The number of aromatic nitrogens is 3. The van der Waals surface area contributed by atoms with Gasteiger partial charge in [-0.05, 0) is 18.9 Å². The monoisotopic (exact) mass is 301 g/mol. The molecule has 1 saturated heterocycles. The van der Waals surface area contributed by atoms with E-state index in [1.807, 2.05) is 7.05 Å². The molecule has 1 fully saturated rings. The third-order valence-electron chi connectivity index (χ3n) is 4.09. The van der Waals surface area contributed by atoms with Crippen LogP contribution >= 0.6 is 0 Å². The third-order valence-corrected chi connectivity index (χ3v) is 4.09. The van der Waals surface area contributed by atoms with Gasteiger partial charge in [0.05, 0.1) is 17.3 Å². The Bertz CT molecular complexity index is 737. The molecule has 1 aliphatic heterocycles. The summed E-state index contributed by atoms with van der Waals surface area (Å²) in [5.74, 6) is -0.172. The average molecular weight is 301 g/mol. The molecule has 3 rings (SSSR count). The van der Waals surface area contributed by atoms with Gasteiger partial charge in [0.1, 0.15) is 11.6 Å². The van der Waals surface area contributed by atoms with Gasteiger partial charge in [-0.3, -0.25) is 19.3 Å². The van der Waals surface area contributed by atoms with E-state index in [2.05, 4.69) is 10.1 Å². The zero-order valence-corrected chi connectivity index (χ0v) is 13.0. The Hall–Kier alpha value is -2.44. The number of aryl methyl sites for hydroxylation is 1. The lowest BCUT2D eigenvalue weighted by Crippen LogP contribution is -2.45. The Morgan fingerprint density at radius 1 is 1.32 bits per heavy atom. The van der Waals surface area contributed by atoms with Gasteiger partial charge in [-0.2, -0.15) is 5.10 Å². The number of nitrogens with zero attached hydrogens (tertiary/aromatic N) is 5. The first-order chi connectivity index (χ1) is 10.5. The zero-order chi connectivity index (χ0) is 15.9. The molecule has 22 heavy (non-hydrogen) atoms. The number of carbonyl (C=O) groups excluding carboxylic acids is 2. The summed E-state index contributed by atoms with van der Waals surface area (Å²) in [5.41, 5.74) is 2.05. The summed E-state index contributed by atoms with van der Waals surface area (Å²) in [6.45, 7) is 0.604. The number of likely N-dealkylation sites (N-methyl/N-ethyl adjacent to an activating group) is 1. The van der Waals surface area contributed by atoms with E-state index in [9.17, 15) is 9.59 Å². The predicted octanol–water partition coefficient (Wildman–Crippen LogP) is 0.661. The SMILES string of the molecule is CN(C)C(=O)[C@@H]1CCCN1C(=O)c1cnc2cnn(C)c2c1. The Kier molecular flexibility index (Phi) is 3.56. The minimum Gasteiger partial charge on any atom is -0.347 e. The fraction of sp³-hybridized carbons (Fsp3) is 0.467. The van der Waals surface area contributed by atoms with E-state index in [-0.39, 0.29) is 17.9 Å². The summed E-state index contributed by atoms with van der Waals surface area (Å²) < 4.78 is 1.69. The van der Waals surface area contributed by atoms with Crippen LogP contribution in [0.3, 0.4) is 0 Å². The van der Waals surface area contributed by atoms with Crippen LogP contribution in [0, 0.1) is 0 Å². The molecule has 0 spiro atoms. The third kappa shape index (κ3) is 2.32. The predicted molar refractivity (Wildman–Crippen MR) is 81.3 cm³/mol. The summed E-state index contributed by atoms with van der Waals surface area (Å²) in [4.78, 5) is 32.4. The van der Waals surface area contributed by atoms with Crippen LogP contribution in [0.4, 0.5) is 0 Å². The van der Waals surface area contributed by atoms with Crippen LogP contribution in [0.2, 0.25) is 0 Å². The fourth-order valence-electron chi connectivity index (χ4n) is 2.87. The average Bonchev–Trinajstić information content (AvgIpc) is 3.12.